The largest absolute Gasteiger partial charge is 0.385 e. The summed E-state index contributed by atoms with van der Waals surface area (Å²) >= 11 is 6.06. The summed E-state index contributed by atoms with van der Waals surface area (Å²) in [6, 6.07) is 4.47. The Morgan fingerprint density at radius 3 is 2.88 bits per heavy atom. The Kier molecular flexibility index (Phi) is 5.74. The highest BCUT2D eigenvalue weighted by molar-refractivity contribution is 6.31. The van der Waals surface area contributed by atoms with Gasteiger partial charge in [0, 0.05) is 24.8 Å². The molecule has 1 aromatic rings. The molecule has 0 aliphatic heterocycles. The average Bonchev–Trinajstić information content (AvgIpc) is 2.28. The van der Waals surface area contributed by atoms with Crippen LogP contribution in [-0.4, -0.2) is 20.3 Å². The van der Waals surface area contributed by atoms with Crippen LogP contribution in [0.4, 0.5) is 4.39 Å². The van der Waals surface area contributed by atoms with Crippen LogP contribution in [-0.2, 0) is 4.74 Å². The first-order valence-electron chi connectivity index (χ1n) is 5.36. The van der Waals surface area contributed by atoms with Crippen molar-refractivity contribution in [3.63, 3.8) is 0 Å². The van der Waals surface area contributed by atoms with Crippen molar-refractivity contribution in [2.24, 2.45) is 0 Å². The number of ether oxygens (including phenoxy) is 1. The highest BCUT2D eigenvalue weighted by atomic mass is 35.5. The van der Waals surface area contributed by atoms with Gasteiger partial charge in [0.05, 0.1) is 0 Å². The van der Waals surface area contributed by atoms with Gasteiger partial charge in [-0.1, -0.05) is 18.5 Å². The van der Waals surface area contributed by atoms with Gasteiger partial charge in [0.1, 0.15) is 5.82 Å². The fourth-order valence-corrected chi connectivity index (χ4v) is 1.88. The van der Waals surface area contributed by atoms with Crippen LogP contribution in [0.5, 0.6) is 0 Å². The van der Waals surface area contributed by atoms with E-state index in [4.69, 9.17) is 16.3 Å². The maximum atomic E-state index is 13.2. The number of hydrogen-bond donors (Lipinski definition) is 1. The Labute approximate surface area is 101 Å². The van der Waals surface area contributed by atoms with E-state index in [1.54, 1.807) is 13.2 Å². The Morgan fingerprint density at radius 1 is 1.50 bits per heavy atom. The van der Waals surface area contributed by atoms with E-state index in [9.17, 15) is 4.39 Å². The summed E-state index contributed by atoms with van der Waals surface area (Å²) in [6.07, 6.45) is 0.771. The molecule has 1 atom stereocenters. The molecule has 0 aliphatic rings. The monoisotopic (exact) mass is 245 g/mol. The van der Waals surface area contributed by atoms with Crippen LogP contribution in [0.15, 0.2) is 18.2 Å². The highest BCUT2D eigenvalue weighted by Crippen LogP contribution is 2.26. The molecule has 0 radical (unpaired) electrons. The predicted octanol–water partition coefficient (Wildman–Crippen LogP) is 3.17. The van der Waals surface area contributed by atoms with Crippen LogP contribution in [0.2, 0.25) is 5.02 Å². The third-order valence-electron chi connectivity index (χ3n) is 2.39. The van der Waals surface area contributed by atoms with Gasteiger partial charge in [-0.05, 0) is 36.7 Å². The minimum absolute atomic E-state index is 0.0353. The lowest BCUT2D eigenvalue weighted by atomic mass is 10.0. The molecule has 1 rings (SSSR count). The second-order valence-electron chi connectivity index (χ2n) is 3.56. The minimum Gasteiger partial charge on any atom is -0.385 e. The Morgan fingerprint density at radius 2 is 2.25 bits per heavy atom. The van der Waals surface area contributed by atoms with Crippen molar-refractivity contribution in [2.75, 3.05) is 20.3 Å². The maximum Gasteiger partial charge on any atom is 0.123 e. The Balaban J connectivity index is 2.85. The summed E-state index contributed by atoms with van der Waals surface area (Å²) in [5.41, 5.74) is 0.792. The summed E-state index contributed by atoms with van der Waals surface area (Å²) in [4.78, 5) is 0. The number of benzene rings is 1. The summed E-state index contributed by atoms with van der Waals surface area (Å²) in [7, 11) is 1.65. The summed E-state index contributed by atoms with van der Waals surface area (Å²) in [5, 5.41) is 3.86. The number of nitrogens with one attached hydrogen (secondary N) is 1. The van der Waals surface area contributed by atoms with Crippen molar-refractivity contribution < 1.29 is 9.13 Å². The van der Waals surface area contributed by atoms with E-state index in [-0.39, 0.29) is 11.9 Å². The second kappa shape index (κ2) is 6.84. The smallest absolute Gasteiger partial charge is 0.123 e. The Bertz CT molecular complexity index is 333. The molecular weight excluding hydrogens is 229 g/mol. The fourth-order valence-electron chi connectivity index (χ4n) is 1.63. The van der Waals surface area contributed by atoms with Crippen molar-refractivity contribution in [2.45, 2.75) is 19.4 Å². The zero-order valence-electron chi connectivity index (χ0n) is 9.59. The number of rotatable bonds is 6. The lowest BCUT2D eigenvalue weighted by Gasteiger charge is -2.19. The summed E-state index contributed by atoms with van der Waals surface area (Å²) < 4.78 is 18.2. The molecule has 4 heteroatoms. The molecule has 90 valence electrons. The maximum absolute atomic E-state index is 13.2. The molecule has 16 heavy (non-hydrogen) atoms. The van der Waals surface area contributed by atoms with Crippen LogP contribution in [0.1, 0.15) is 24.9 Å². The number of methoxy groups -OCH3 is 1. The van der Waals surface area contributed by atoms with E-state index in [1.807, 2.05) is 6.92 Å². The Hall–Kier alpha value is -0.640. The first kappa shape index (κ1) is 13.4. The summed E-state index contributed by atoms with van der Waals surface area (Å²) in [6.45, 7) is 3.43. The normalized spacial score (nSPS) is 12.8. The van der Waals surface area contributed by atoms with Gasteiger partial charge < -0.3 is 10.1 Å². The van der Waals surface area contributed by atoms with Crippen LogP contribution >= 0.6 is 11.6 Å². The third kappa shape index (κ3) is 3.74. The quantitative estimate of drug-likeness (QED) is 0.831. The highest BCUT2D eigenvalue weighted by Gasteiger charge is 2.14. The first-order valence-corrected chi connectivity index (χ1v) is 5.74. The molecule has 0 aromatic heterocycles. The van der Waals surface area contributed by atoms with Crippen molar-refractivity contribution in [1.29, 1.82) is 0 Å². The van der Waals surface area contributed by atoms with Gasteiger partial charge in [-0.2, -0.15) is 0 Å². The van der Waals surface area contributed by atoms with Gasteiger partial charge in [-0.15, -0.1) is 0 Å². The molecule has 1 aromatic carbocycles. The van der Waals surface area contributed by atoms with Gasteiger partial charge in [0.25, 0.3) is 0 Å². The molecule has 0 heterocycles. The second-order valence-corrected chi connectivity index (χ2v) is 3.96. The molecule has 0 amide bonds. The van der Waals surface area contributed by atoms with Gasteiger partial charge in [-0.3, -0.25) is 0 Å². The van der Waals surface area contributed by atoms with E-state index in [1.165, 1.54) is 12.1 Å². The standard InChI is InChI=1S/C12H17ClFNO/c1-3-15-12(6-7-16-2)10-8-9(14)4-5-11(10)13/h4-5,8,12,15H,3,6-7H2,1-2H3. The lowest BCUT2D eigenvalue weighted by Crippen LogP contribution is -2.22. The molecule has 2 nitrogen and oxygen atoms in total. The molecule has 1 N–H and O–H groups in total. The molecule has 0 saturated heterocycles. The molecule has 0 aliphatic carbocycles. The molecule has 0 spiro atoms. The topological polar surface area (TPSA) is 21.3 Å². The van der Waals surface area contributed by atoms with Gasteiger partial charge >= 0.3 is 0 Å². The van der Waals surface area contributed by atoms with Crippen LogP contribution in [0.3, 0.4) is 0 Å². The van der Waals surface area contributed by atoms with Crippen molar-refractivity contribution >= 4 is 11.6 Å². The van der Waals surface area contributed by atoms with Crippen LogP contribution in [0, 0.1) is 5.82 Å². The van der Waals surface area contributed by atoms with Crippen LogP contribution in [0.25, 0.3) is 0 Å². The van der Waals surface area contributed by atoms with E-state index in [2.05, 4.69) is 5.32 Å². The van der Waals surface area contributed by atoms with Crippen molar-refractivity contribution in [1.82, 2.24) is 5.32 Å². The average molecular weight is 246 g/mol. The van der Waals surface area contributed by atoms with E-state index >= 15 is 0 Å². The van der Waals surface area contributed by atoms with Crippen molar-refractivity contribution in [3.05, 3.63) is 34.6 Å². The van der Waals surface area contributed by atoms with Gasteiger partial charge in [0.2, 0.25) is 0 Å². The van der Waals surface area contributed by atoms with E-state index in [0.29, 0.717) is 11.6 Å². The molecular formula is C12H17ClFNO. The minimum atomic E-state index is -0.264. The predicted molar refractivity (Wildman–Crippen MR) is 64.3 cm³/mol. The zero-order valence-corrected chi connectivity index (χ0v) is 10.4. The molecule has 0 bridgehead atoms. The molecule has 1 unspecified atom stereocenters. The SMILES string of the molecule is CCNC(CCOC)c1cc(F)ccc1Cl. The number of hydrogen-bond acceptors (Lipinski definition) is 2. The van der Waals surface area contributed by atoms with Gasteiger partial charge in [0.15, 0.2) is 0 Å². The fraction of sp³-hybridized carbons (Fsp3) is 0.500. The molecule has 0 saturated carbocycles. The van der Waals surface area contributed by atoms with E-state index < -0.39 is 0 Å². The number of halogens is 2. The third-order valence-corrected chi connectivity index (χ3v) is 2.74. The van der Waals surface area contributed by atoms with Crippen molar-refractivity contribution in [3.8, 4) is 0 Å². The zero-order chi connectivity index (χ0) is 12.0. The molecule has 0 fully saturated rings. The van der Waals surface area contributed by atoms with Crippen LogP contribution < -0.4 is 5.32 Å². The van der Waals surface area contributed by atoms with Gasteiger partial charge in [-0.25, -0.2) is 4.39 Å². The summed E-state index contributed by atoms with van der Waals surface area (Å²) in [5.74, 6) is -0.264. The van der Waals surface area contributed by atoms with E-state index in [0.717, 1.165) is 18.5 Å². The first-order chi connectivity index (χ1) is 7.69. The lowest BCUT2D eigenvalue weighted by molar-refractivity contribution is 0.183.